The number of nitrogens with zero attached hydrogens (tertiary/aromatic N) is 1. The summed E-state index contributed by atoms with van der Waals surface area (Å²) in [5.41, 5.74) is 6.52. The molecule has 0 saturated carbocycles. The van der Waals surface area contributed by atoms with Gasteiger partial charge in [0.2, 0.25) is 0 Å². The number of nitrogen functional groups attached to an aromatic ring is 1. The van der Waals surface area contributed by atoms with Crippen LogP contribution in [0.4, 0.5) is 5.82 Å². The van der Waals surface area contributed by atoms with E-state index in [4.69, 9.17) is 5.73 Å². The van der Waals surface area contributed by atoms with Crippen molar-refractivity contribution in [2.45, 2.75) is 5.75 Å². The normalized spacial score (nSPS) is 9.70. The molecule has 2 N–H and O–H groups in total. The maximum absolute atomic E-state index is 5.47. The van der Waals surface area contributed by atoms with Crippen LogP contribution in [0.1, 0.15) is 5.69 Å². The lowest BCUT2D eigenvalue weighted by Gasteiger charge is -1.96. The van der Waals surface area contributed by atoms with Crippen LogP contribution < -0.4 is 5.73 Å². The molecule has 1 aromatic heterocycles. The molecule has 0 radical (unpaired) electrons. The highest BCUT2D eigenvalue weighted by Crippen LogP contribution is 2.07. The second kappa shape index (κ2) is 3.46. The third-order valence-electron chi connectivity index (χ3n) is 1.12. The lowest BCUT2D eigenvalue weighted by molar-refractivity contribution is 1.19. The van der Waals surface area contributed by atoms with E-state index in [0.717, 1.165) is 11.4 Å². The fourth-order valence-corrected chi connectivity index (χ4v) is 1.18. The van der Waals surface area contributed by atoms with Gasteiger partial charge < -0.3 is 5.73 Å². The monoisotopic (exact) mass is 154 g/mol. The molecule has 1 heterocycles. The van der Waals surface area contributed by atoms with Crippen LogP contribution >= 0.6 is 11.8 Å². The molecular weight excluding hydrogens is 144 g/mol. The van der Waals surface area contributed by atoms with Crippen molar-refractivity contribution in [2.75, 3.05) is 12.0 Å². The van der Waals surface area contributed by atoms with Crippen molar-refractivity contribution in [1.82, 2.24) is 4.98 Å². The number of hydrogen-bond acceptors (Lipinski definition) is 3. The van der Waals surface area contributed by atoms with Gasteiger partial charge in [-0.15, -0.1) is 0 Å². The number of aromatic nitrogens is 1. The summed E-state index contributed by atoms with van der Waals surface area (Å²) in [6.45, 7) is 0. The predicted octanol–water partition coefficient (Wildman–Crippen LogP) is 1.53. The van der Waals surface area contributed by atoms with E-state index < -0.39 is 0 Å². The molecule has 10 heavy (non-hydrogen) atoms. The van der Waals surface area contributed by atoms with Crippen molar-refractivity contribution in [3.8, 4) is 0 Å². The van der Waals surface area contributed by atoms with Gasteiger partial charge in [0.15, 0.2) is 0 Å². The van der Waals surface area contributed by atoms with Crippen molar-refractivity contribution in [3.63, 3.8) is 0 Å². The highest BCUT2D eigenvalue weighted by atomic mass is 32.2. The largest absolute Gasteiger partial charge is 0.384 e. The Morgan fingerprint density at radius 3 is 3.00 bits per heavy atom. The van der Waals surface area contributed by atoms with Crippen LogP contribution in [0.15, 0.2) is 18.2 Å². The summed E-state index contributed by atoms with van der Waals surface area (Å²) >= 11 is 1.75. The summed E-state index contributed by atoms with van der Waals surface area (Å²) in [5.74, 6) is 1.54. The molecule has 0 fully saturated rings. The molecule has 0 unspecified atom stereocenters. The molecule has 0 bridgehead atoms. The van der Waals surface area contributed by atoms with Gasteiger partial charge in [0.25, 0.3) is 0 Å². The molecule has 0 aliphatic heterocycles. The molecule has 0 aliphatic rings. The summed E-state index contributed by atoms with van der Waals surface area (Å²) in [5, 5.41) is 0. The summed E-state index contributed by atoms with van der Waals surface area (Å²) in [4.78, 5) is 4.12. The van der Waals surface area contributed by atoms with E-state index in [1.807, 2.05) is 18.4 Å². The maximum Gasteiger partial charge on any atom is 0.123 e. The number of rotatable bonds is 2. The average Bonchev–Trinajstić information content (AvgIpc) is 1.88. The van der Waals surface area contributed by atoms with Gasteiger partial charge in [-0.3, -0.25) is 0 Å². The first kappa shape index (κ1) is 7.41. The van der Waals surface area contributed by atoms with Gasteiger partial charge >= 0.3 is 0 Å². The highest BCUT2D eigenvalue weighted by Gasteiger charge is 1.91. The molecule has 1 rings (SSSR count). The second-order valence-corrected chi connectivity index (χ2v) is 2.85. The van der Waals surface area contributed by atoms with E-state index in [-0.39, 0.29) is 0 Å². The van der Waals surface area contributed by atoms with Crippen molar-refractivity contribution in [1.29, 1.82) is 0 Å². The average molecular weight is 154 g/mol. The topological polar surface area (TPSA) is 38.9 Å². The highest BCUT2D eigenvalue weighted by molar-refractivity contribution is 7.97. The zero-order valence-corrected chi connectivity index (χ0v) is 6.69. The molecule has 0 saturated heterocycles. The first-order valence-electron chi connectivity index (χ1n) is 3.03. The summed E-state index contributed by atoms with van der Waals surface area (Å²) in [7, 11) is 0. The third kappa shape index (κ3) is 1.92. The van der Waals surface area contributed by atoms with Crippen molar-refractivity contribution in [3.05, 3.63) is 23.9 Å². The fourth-order valence-electron chi connectivity index (χ4n) is 0.726. The molecule has 2 nitrogen and oxygen atoms in total. The third-order valence-corrected chi connectivity index (χ3v) is 1.70. The minimum absolute atomic E-state index is 0.603. The molecule has 54 valence electrons. The Balaban J connectivity index is 2.75. The summed E-state index contributed by atoms with van der Waals surface area (Å²) in [6, 6.07) is 5.70. The van der Waals surface area contributed by atoms with Crippen LogP contribution in [0.3, 0.4) is 0 Å². The van der Waals surface area contributed by atoms with E-state index in [1.165, 1.54) is 0 Å². The van der Waals surface area contributed by atoms with Crippen LogP contribution in [-0.4, -0.2) is 11.2 Å². The second-order valence-electron chi connectivity index (χ2n) is 1.99. The first-order valence-corrected chi connectivity index (χ1v) is 4.42. The molecular formula is C7H10N2S. The zero-order chi connectivity index (χ0) is 7.40. The smallest absolute Gasteiger partial charge is 0.123 e. The van der Waals surface area contributed by atoms with Crippen LogP contribution in [0.25, 0.3) is 0 Å². The zero-order valence-electron chi connectivity index (χ0n) is 5.87. The number of thioether (sulfide) groups is 1. The molecule has 0 spiro atoms. The van der Waals surface area contributed by atoms with Crippen molar-refractivity contribution in [2.24, 2.45) is 0 Å². The van der Waals surface area contributed by atoms with Gasteiger partial charge in [-0.25, -0.2) is 4.98 Å². The van der Waals surface area contributed by atoms with Gasteiger partial charge in [-0.2, -0.15) is 11.8 Å². The van der Waals surface area contributed by atoms with Gasteiger partial charge in [-0.05, 0) is 18.4 Å². The summed E-state index contributed by atoms with van der Waals surface area (Å²) in [6.07, 6.45) is 2.05. The fraction of sp³-hybridized carbons (Fsp3) is 0.286. The summed E-state index contributed by atoms with van der Waals surface area (Å²) < 4.78 is 0. The molecule has 3 heteroatoms. The molecule has 0 atom stereocenters. The Kier molecular flexibility index (Phi) is 2.57. The molecule has 0 aromatic carbocycles. The Bertz CT molecular complexity index is 213. The molecule has 0 aliphatic carbocycles. The first-order chi connectivity index (χ1) is 4.83. The van der Waals surface area contributed by atoms with E-state index in [0.29, 0.717) is 5.82 Å². The molecule has 0 amide bonds. The number of pyridine rings is 1. The van der Waals surface area contributed by atoms with Gasteiger partial charge in [0.05, 0.1) is 5.69 Å². The van der Waals surface area contributed by atoms with E-state index >= 15 is 0 Å². The van der Waals surface area contributed by atoms with Gasteiger partial charge in [0, 0.05) is 5.75 Å². The van der Waals surface area contributed by atoms with E-state index in [2.05, 4.69) is 4.98 Å². The maximum atomic E-state index is 5.47. The minimum Gasteiger partial charge on any atom is -0.384 e. The number of anilines is 1. The standard InChI is InChI=1S/C7H10N2S/c1-10-5-6-3-2-4-7(8)9-6/h2-4H,5H2,1H3,(H2,8,9). The Morgan fingerprint density at radius 2 is 2.40 bits per heavy atom. The quantitative estimate of drug-likeness (QED) is 0.702. The van der Waals surface area contributed by atoms with Gasteiger partial charge in [-0.1, -0.05) is 6.07 Å². The van der Waals surface area contributed by atoms with Crippen LogP contribution in [0.2, 0.25) is 0 Å². The van der Waals surface area contributed by atoms with Crippen LogP contribution in [0.5, 0.6) is 0 Å². The van der Waals surface area contributed by atoms with E-state index in [1.54, 1.807) is 17.8 Å². The number of hydrogen-bond donors (Lipinski definition) is 1. The number of nitrogens with two attached hydrogens (primary N) is 1. The van der Waals surface area contributed by atoms with Crippen molar-refractivity contribution >= 4 is 17.6 Å². The minimum atomic E-state index is 0.603. The SMILES string of the molecule is CSCc1cccc(N)n1. The van der Waals surface area contributed by atoms with Crippen LogP contribution in [0, 0.1) is 0 Å². The predicted molar refractivity (Wildman–Crippen MR) is 45.9 cm³/mol. The van der Waals surface area contributed by atoms with E-state index in [9.17, 15) is 0 Å². The van der Waals surface area contributed by atoms with Crippen LogP contribution in [-0.2, 0) is 5.75 Å². The van der Waals surface area contributed by atoms with Gasteiger partial charge in [0.1, 0.15) is 5.82 Å². The Labute approximate surface area is 64.8 Å². The molecule has 1 aromatic rings. The lowest BCUT2D eigenvalue weighted by Crippen LogP contribution is -1.92. The Hall–Kier alpha value is -0.700. The van der Waals surface area contributed by atoms with Crippen molar-refractivity contribution < 1.29 is 0 Å². The lowest BCUT2D eigenvalue weighted by atomic mass is 10.4. The Morgan fingerprint density at radius 1 is 1.60 bits per heavy atom.